The topological polar surface area (TPSA) is 54.8 Å². The van der Waals surface area contributed by atoms with E-state index < -0.39 is 0 Å². The van der Waals surface area contributed by atoms with Crippen LogP contribution in [0, 0.1) is 0 Å². The van der Waals surface area contributed by atoms with Gasteiger partial charge >= 0.3 is 0 Å². The third kappa shape index (κ3) is 7.87. The molecule has 1 heterocycles. The van der Waals surface area contributed by atoms with Crippen molar-refractivity contribution in [1.82, 2.24) is 14.4 Å². The molecule has 0 aliphatic carbocycles. The van der Waals surface area contributed by atoms with Crippen molar-refractivity contribution < 1.29 is 14.3 Å². The predicted octanol–water partition coefficient (Wildman–Crippen LogP) is 3.94. The molecule has 0 N–H and O–H groups in total. The fraction of sp³-hybridized carbons (Fsp3) is 0.520. The first kappa shape index (κ1) is 24.7. The Morgan fingerprint density at radius 2 is 1.81 bits per heavy atom. The van der Waals surface area contributed by atoms with Gasteiger partial charge in [0, 0.05) is 51.2 Å². The van der Waals surface area contributed by atoms with Crippen molar-refractivity contribution in [3.05, 3.63) is 59.9 Å². The van der Waals surface area contributed by atoms with Crippen molar-refractivity contribution in [2.75, 3.05) is 26.8 Å². The van der Waals surface area contributed by atoms with Crippen LogP contribution in [0.5, 0.6) is 0 Å². The number of carbonyl (C=O) groups excluding carboxylic acids is 2. The number of rotatable bonds is 13. The SMILES string of the molecule is CCCC(=O)N(CCCOC)CC(=O)N(Cc1cccn1Cc1ccccc1)C(C)C. The Hall–Kier alpha value is -2.60. The lowest BCUT2D eigenvalue weighted by Gasteiger charge is -2.31. The lowest BCUT2D eigenvalue weighted by atomic mass is 10.2. The Morgan fingerprint density at radius 3 is 2.45 bits per heavy atom. The van der Waals surface area contributed by atoms with Crippen LogP contribution >= 0.6 is 0 Å². The molecule has 2 rings (SSSR count). The molecule has 2 aromatic rings. The predicted molar refractivity (Wildman–Crippen MR) is 124 cm³/mol. The van der Waals surface area contributed by atoms with Gasteiger partial charge in [0.1, 0.15) is 0 Å². The monoisotopic (exact) mass is 427 g/mol. The van der Waals surface area contributed by atoms with E-state index in [9.17, 15) is 9.59 Å². The van der Waals surface area contributed by atoms with Crippen LogP contribution in [0.4, 0.5) is 0 Å². The average molecular weight is 428 g/mol. The maximum absolute atomic E-state index is 13.2. The second-order valence-electron chi connectivity index (χ2n) is 8.14. The maximum Gasteiger partial charge on any atom is 0.242 e. The molecule has 2 amide bonds. The van der Waals surface area contributed by atoms with Crippen LogP contribution in [0.3, 0.4) is 0 Å². The third-order valence-electron chi connectivity index (χ3n) is 5.31. The van der Waals surface area contributed by atoms with Gasteiger partial charge in [0.05, 0.1) is 13.1 Å². The molecule has 0 aliphatic rings. The molecule has 1 aromatic carbocycles. The minimum absolute atomic E-state index is 0.0238. The number of hydrogen-bond acceptors (Lipinski definition) is 3. The summed E-state index contributed by atoms with van der Waals surface area (Å²) in [5, 5.41) is 0. The zero-order chi connectivity index (χ0) is 22.6. The first-order valence-electron chi connectivity index (χ1n) is 11.2. The summed E-state index contributed by atoms with van der Waals surface area (Å²) in [7, 11) is 1.65. The number of methoxy groups -OCH3 is 1. The van der Waals surface area contributed by atoms with Crippen molar-refractivity contribution in [3.8, 4) is 0 Å². The molecule has 6 nitrogen and oxygen atoms in total. The molecule has 0 saturated carbocycles. The molecule has 0 bridgehead atoms. The van der Waals surface area contributed by atoms with Crippen LogP contribution in [0.25, 0.3) is 0 Å². The largest absolute Gasteiger partial charge is 0.385 e. The molecular formula is C25H37N3O3. The highest BCUT2D eigenvalue weighted by Crippen LogP contribution is 2.14. The standard InChI is InChI=1S/C25H37N3O3/c1-5-11-24(29)27(16-10-17-31-4)20-25(30)28(21(2)3)19-23-14-9-15-26(23)18-22-12-7-6-8-13-22/h6-9,12-15,21H,5,10-11,16-20H2,1-4H3. The van der Waals surface area contributed by atoms with Gasteiger partial charge in [-0.1, -0.05) is 37.3 Å². The summed E-state index contributed by atoms with van der Waals surface area (Å²) in [4.78, 5) is 29.3. The summed E-state index contributed by atoms with van der Waals surface area (Å²) in [6.07, 6.45) is 4.00. The van der Waals surface area contributed by atoms with E-state index >= 15 is 0 Å². The summed E-state index contributed by atoms with van der Waals surface area (Å²) >= 11 is 0. The van der Waals surface area contributed by atoms with E-state index in [1.165, 1.54) is 5.56 Å². The zero-order valence-electron chi connectivity index (χ0n) is 19.4. The molecule has 0 aliphatic heterocycles. The maximum atomic E-state index is 13.2. The van der Waals surface area contributed by atoms with E-state index in [1.54, 1.807) is 12.0 Å². The van der Waals surface area contributed by atoms with Gasteiger partial charge in [-0.25, -0.2) is 0 Å². The minimum atomic E-state index is -0.0238. The number of amides is 2. The van der Waals surface area contributed by atoms with E-state index in [2.05, 4.69) is 22.8 Å². The molecular weight excluding hydrogens is 390 g/mol. The van der Waals surface area contributed by atoms with Gasteiger partial charge in [-0.05, 0) is 44.4 Å². The lowest BCUT2D eigenvalue weighted by Crippen LogP contribution is -2.45. The highest BCUT2D eigenvalue weighted by molar-refractivity contribution is 5.85. The molecule has 31 heavy (non-hydrogen) atoms. The number of nitrogens with zero attached hydrogens (tertiary/aromatic N) is 3. The number of aromatic nitrogens is 1. The second-order valence-corrected chi connectivity index (χ2v) is 8.14. The van der Waals surface area contributed by atoms with Gasteiger partial charge in [0.25, 0.3) is 0 Å². The summed E-state index contributed by atoms with van der Waals surface area (Å²) in [5.41, 5.74) is 2.30. The smallest absolute Gasteiger partial charge is 0.242 e. The molecule has 0 fully saturated rings. The van der Waals surface area contributed by atoms with Crippen molar-refractivity contribution in [3.63, 3.8) is 0 Å². The molecule has 1 aromatic heterocycles. The molecule has 0 saturated heterocycles. The van der Waals surface area contributed by atoms with Gasteiger partial charge in [-0.3, -0.25) is 9.59 Å². The Balaban J connectivity index is 2.09. The minimum Gasteiger partial charge on any atom is -0.385 e. The highest BCUT2D eigenvalue weighted by atomic mass is 16.5. The zero-order valence-corrected chi connectivity index (χ0v) is 19.4. The van der Waals surface area contributed by atoms with Crippen LogP contribution in [-0.2, 0) is 27.4 Å². The Morgan fingerprint density at radius 1 is 1.06 bits per heavy atom. The second kappa shape index (κ2) is 13.0. The van der Waals surface area contributed by atoms with Crippen LogP contribution in [0.2, 0.25) is 0 Å². The van der Waals surface area contributed by atoms with Gasteiger partial charge in [0.2, 0.25) is 11.8 Å². The van der Waals surface area contributed by atoms with Crippen molar-refractivity contribution in [1.29, 1.82) is 0 Å². The van der Waals surface area contributed by atoms with Gasteiger partial charge < -0.3 is 19.1 Å². The van der Waals surface area contributed by atoms with E-state index in [-0.39, 0.29) is 24.4 Å². The lowest BCUT2D eigenvalue weighted by molar-refractivity contribution is -0.142. The summed E-state index contributed by atoms with van der Waals surface area (Å²) < 4.78 is 7.30. The number of ether oxygens (including phenoxy) is 1. The van der Waals surface area contributed by atoms with Gasteiger partial charge in [-0.2, -0.15) is 0 Å². The summed E-state index contributed by atoms with van der Waals surface area (Å²) in [5.74, 6) is 0.00689. The Bertz CT molecular complexity index is 801. The summed E-state index contributed by atoms with van der Waals surface area (Å²) in [6.45, 7) is 8.52. The van der Waals surface area contributed by atoms with Crippen molar-refractivity contribution >= 4 is 11.8 Å². The quantitative estimate of drug-likeness (QED) is 0.455. The van der Waals surface area contributed by atoms with Gasteiger partial charge in [-0.15, -0.1) is 0 Å². The molecule has 0 spiro atoms. The van der Waals surface area contributed by atoms with Crippen molar-refractivity contribution in [2.24, 2.45) is 0 Å². The molecule has 0 unspecified atom stereocenters. The molecule has 170 valence electrons. The molecule has 0 radical (unpaired) electrons. The molecule has 0 atom stereocenters. The fourth-order valence-corrected chi connectivity index (χ4v) is 3.58. The van der Waals surface area contributed by atoms with Crippen LogP contribution < -0.4 is 0 Å². The van der Waals surface area contributed by atoms with E-state index in [0.717, 1.165) is 25.1 Å². The molecule has 6 heteroatoms. The summed E-state index contributed by atoms with van der Waals surface area (Å²) in [6, 6.07) is 14.4. The van der Waals surface area contributed by atoms with E-state index in [4.69, 9.17) is 4.74 Å². The normalized spacial score (nSPS) is 11.0. The first-order chi connectivity index (χ1) is 15.0. The van der Waals surface area contributed by atoms with Crippen LogP contribution in [0.15, 0.2) is 48.7 Å². The fourth-order valence-electron chi connectivity index (χ4n) is 3.58. The Labute approximate surface area is 186 Å². The van der Waals surface area contributed by atoms with Crippen LogP contribution in [-0.4, -0.2) is 59.0 Å². The highest BCUT2D eigenvalue weighted by Gasteiger charge is 2.23. The average Bonchev–Trinajstić information content (AvgIpc) is 3.18. The number of benzene rings is 1. The Kier molecular flexibility index (Phi) is 10.3. The number of carbonyl (C=O) groups is 2. The van der Waals surface area contributed by atoms with E-state index in [1.807, 2.05) is 56.1 Å². The first-order valence-corrected chi connectivity index (χ1v) is 11.2. The number of hydrogen-bond donors (Lipinski definition) is 0. The third-order valence-corrected chi connectivity index (χ3v) is 5.31. The van der Waals surface area contributed by atoms with Crippen molar-refractivity contribution in [2.45, 2.75) is 59.2 Å². The van der Waals surface area contributed by atoms with Crippen LogP contribution in [0.1, 0.15) is 51.3 Å². The van der Waals surface area contributed by atoms with Gasteiger partial charge in [0.15, 0.2) is 0 Å². The van der Waals surface area contributed by atoms with E-state index in [0.29, 0.717) is 26.1 Å².